The van der Waals surface area contributed by atoms with Crippen LogP contribution >= 0.6 is 22.6 Å². The van der Waals surface area contributed by atoms with Gasteiger partial charge in [0.1, 0.15) is 6.61 Å². The van der Waals surface area contributed by atoms with Crippen molar-refractivity contribution in [3.05, 3.63) is 91.0 Å². The maximum Gasteiger partial charge on any atom is 0.269 e. The summed E-state index contributed by atoms with van der Waals surface area (Å²) in [6.07, 6.45) is 1.65. The highest BCUT2D eigenvalue weighted by atomic mass is 127. The highest BCUT2D eigenvalue weighted by Gasteiger charge is 2.11. The number of non-ortho nitro benzene ring substituents is 1. The smallest absolute Gasteiger partial charge is 0.269 e. The largest absolute Gasteiger partial charge is 0.493 e. The van der Waals surface area contributed by atoms with E-state index in [2.05, 4.69) is 45.3 Å². The Morgan fingerprint density at radius 1 is 1.13 bits per heavy atom. The summed E-state index contributed by atoms with van der Waals surface area (Å²) in [6.45, 7) is 2.50. The summed E-state index contributed by atoms with van der Waals surface area (Å²) in [6, 6.07) is 18.0. The molecule has 154 valence electrons. The van der Waals surface area contributed by atoms with E-state index in [1.165, 1.54) is 17.7 Å². The van der Waals surface area contributed by atoms with Crippen LogP contribution in [0.5, 0.6) is 11.5 Å². The molecule has 0 atom stereocenters. The second kappa shape index (κ2) is 10.1. The van der Waals surface area contributed by atoms with Gasteiger partial charge in [-0.15, -0.1) is 0 Å². The van der Waals surface area contributed by atoms with Crippen molar-refractivity contribution in [2.75, 3.05) is 12.5 Å². The van der Waals surface area contributed by atoms with E-state index < -0.39 is 4.92 Å². The molecule has 0 bridgehead atoms. The predicted molar refractivity (Wildman–Crippen MR) is 126 cm³/mol. The first-order chi connectivity index (χ1) is 14.5. The zero-order valence-corrected chi connectivity index (χ0v) is 18.6. The molecule has 0 unspecified atom stereocenters. The van der Waals surface area contributed by atoms with E-state index in [4.69, 9.17) is 9.47 Å². The van der Waals surface area contributed by atoms with Crippen molar-refractivity contribution in [3.8, 4) is 11.5 Å². The Morgan fingerprint density at radius 2 is 1.83 bits per heavy atom. The van der Waals surface area contributed by atoms with Gasteiger partial charge in [-0.1, -0.05) is 29.8 Å². The standard InChI is InChI=1S/C22H20IN3O4/c1-15-3-5-16(6-4-15)14-30-22-20(23)11-17(12-21(22)29-2)13-24-25-18-7-9-19(10-8-18)26(27)28/h3-13,25H,14H2,1-2H3/b24-13+. The zero-order valence-electron chi connectivity index (χ0n) is 16.5. The number of nitrogens with zero attached hydrogens (tertiary/aromatic N) is 2. The second-order valence-electron chi connectivity index (χ2n) is 6.48. The summed E-state index contributed by atoms with van der Waals surface area (Å²) in [5.74, 6) is 1.30. The first-order valence-electron chi connectivity index (χ1n) is 9.05. The fourth-order valence-corrected chi connectivity index (χ4v) is 3.41. The number of nitro groups is 1. The Hall–Kier alpha value is -3.14. The quantitative estimate of drug-likeness (QED) is 0.184. The molecule has 0 aliphatic rings. The van der Waals surface area contributed by atoms with E-state index in [1.807, 2.05) is 31.2 Å². The molecule has 1 N–H and O–H groups in total. The van der Waals surface area contributed by atoms with Crippen LogP contribution in [-0.2, 0) is 6.61 Å². The summed E-state index contributed by atoms with van der Waals surface area (Å²) in [5, 5.41) is 14.9. The fourth-order valence-electron chi connectivity index (χ4n) is 2.63. The molecule has 0 fully saturated rings. The lowest BCUT2D eigenvalue weighted by Gasteiger charge is -2.13. The number of halogens is 1. The van der Waals surface area contributed by atoms with E-state index in [0.29, 0.717) is 23.8 Å². The minimum Gasteiger partial charge on any atom is -0.493 e. The third-order valence-corrected chi connectivity index (χ3v) is 5.04. The number of rotatable bonds is 8. The van der Waals surface area contributed by atoms with Gasteiger partial charge in [-0.3, -0.25) is 15.5 Å². The van der Waals surface area contributed by atoms with Gasteiger partial charge in [0.25, 0.3) is 5.69 Å². The molecule has 3 aromatic carbocycles. The number of ether oxygens (including phenoxy) is 2. The van der Waals surface area contributed by atoms with Gasteiger partial charge in [0.15, 0.2) is 11.5 Å². The predicted octanol–water partition coefficient (Wildman–Crippen LogP) is 5.54. The SMILES string of the molecule is COc1cc(/C=N/Nc2ccc([N+](=O)[O-])cc2)cc(I)c1OCc1ccc(C)cc1. The van der Waals surface area contributed by atoms with Crippen LogP contribution in [0.2, 0.25) is 0 Å². The van der Waals surface area contributed by atoms with Crippen molar-refractivity contribution in [1.29, 1.82) is 0 Å². The van der Waals surface area contributed by atoms with Gasteiger partial charge in [-0.05, 0) is 64.9 Å². The molecule has 0 aliphatic heterocycles. The third-order valence-electron chi connectivity index (χ3n) is 4.24. The lowest BCUT2D eigenvalue weighted by atomic mass is 10.2. The van der Waals surface area contributed by atoms with Crippen LogP contribution in [0.1, 0.15) is 16.7 Å². The van der Waals surface area contributed by atoms with Crippen LogP contribution in [-0.4, -0.2) is 18.2 Å². The number of hydrazone groups is 1. The number of aryl methyl sites for hydroxylation is 1. The fraction of sp³-hybridized carbons (Fsp3) is 0.136. The second-order valence-corrected chi connectivity index (χ2v) is 7.64. The molecular weight excluding hydrogens is 497 g/mol. The Balaban J connectivity index is 1.68. The first kappa shape index (κ1) is 21.6. The Bertz CT molecular complexity index is 1050. The minimum absolute atomic E-state index is 0.0324. The van der Waals surface area contributed by atoms with Crippen molar-refractivity contribution in [1.82, 2.24) is 0 Å². The Labute approximate surface area is 188 Å². The van der Waals surface area contributed by atoms with Gasteiger partial charge >= 0.3 is 0 Å². The van der Waals surface area contributed by atoms with Gasteiger partial charge in [0, 0.05) is 12.1 Å². The highest BCUT2D eigenvalue weighted by Crippen LogP contribution is 2.34. The molecule has 0 aliphatic carbocycles. The minimum atomic E-state index is -0.441. The van der Waals surface area contributed by atoms with Crippen LogP contribution in [0, 0.1) is 20.6 Å². The Morgan fingerprint density at radius 3 is 2.47 bits per heavy atom. The topological polar surface area (TPSA) is 86.0 Å². The molecule has 3 aromatic rings. The normalized spacial score (nSPS) is 10.8. The summed E-state index contributed by atoms with van der Waals surface area (Å²) >= 11 is 2.21. The number of anilines is 1. The Kier molecular flexibility index (Phi) is 7.23. The van der Waals surface area contributed by atoms with Crippen molar-refractivity contribution < 1.29 is 14.4 Å². The number of hydrogen-bond acceptors (Lipinski definition) is 6. The van der Waals surface area contributed by atoms with Crippen LogP contribution in [0.3, 0.4) is 0 Å². The van der Waals surface area contributed by atoms with E-state index in [9.17, 15) is 10.1 Å². The van der Waals surface area contributed by atoms with Gasteiger partial charge in [-0.25, -0.2) is 0 Å². The van der Waals surface area contributed by atoms with Crippen molar-refractivity contribution in [2.45, 2.75) is 13.5 Å². The molecule has 7 nitrogen and oxygen atoms in total. The molecule has 0 aromatic heterocycles. The van der Waals surface area contributed by atoms with Crippen molar-refractivity contribution in [2.24, 2.45) is 5.10 Å². The average molecular weight is 517 g/mol. The van der Waals surface area contributed by atoms with Crippen LogP contribution in [0.15, 0.2) is 65.8 Å². The molecule has 30 heavy (non-hydrogen) atoms. The average Bonchev–Trinajstić information content (AvgIpc) is 2.74. The molecule has 0 saturated carbocycles. The highest BCUT2D eigenvalue weighted by molar-refractivity contribution is 14.1. The molecule has 0 heterocycles. The van der Waals surface area contributed by atoms with E-state index >= 15 is 0 Å². The van der Waals surface area contributed by atoms with E-state index in [0.717, 1.165) is 14.7 Å². The van der Waals surface area contributed by atoms with Crippen LogP contribution < -0.4 is 14.9 Å². The number of methoxy groups -OCH3 is 1. The van der Waals surface area contributed by atoms with Gasteiger partial charge in [0.05, 0.1) is 27.5 Å². The van der Waals surface area contributed by atoms with Crippen molar-refractivity contribution >= 4 is 40.2 Å². The van der Waals surface area contributed by atoms with E-state index in [-0.39, 0.29) is 5.69 Å². The molecule has 0 saturated heterocycles. The monoisotopic (exact) mass is 517 g/mol. The van der Waals surface area contributed by atoms with Gasteiger partial charge < -0.3 is 9.47 Å². The summed E-state index contributed by atoms with van der Waals surface area (Å²) in [4.78, 5) is 10.3. The molecular formula is C22H20IN3O4. The summed E-state index contributed by atoms with van der Waals surface area (Å²) in [5.41, 5.74) is 6.65. The first-order valence-corrected chi connectivity index (χ1v) is 10.1. The number of benzene rings is 3. The third kappa shape index (κ3) is 5.69. The molecule has 0 amide bonds. The van der Waals surface area contributed by atoms with Crippen LogP contribution in [0.4, 0.5) is 11.4 Å². The maximum absolute atomic E-state index is 10.7. The summed E-state index contributed by atoms with van der Waals surface area (Å²) in [7, 11) is 1.60. The molecule has 3 rings (SSSR count). The lowest BCUT2D eigenvalue weighted by Crippen LogP contribution is -2.01. The van der Waals surface area contributed by atoms with Crippen molar-refractivity contribution in [3.63, 3.8) is 0 Å². The van der Waals surface area contributed by atoms with Gasteiger partial charge in [-0.2, -0.15) is 5.10 Å². The zero-order chi connectivity index (χ0) is 21.5. The summed E-state index contributed by atoms with van der Waals surface area (Å²) < 4.78 is 12.4. The number of hydrogen-bond donors (Lipinski definition) is 1. The van der Waals surface area contributed by atoms with Gasteiger partial charge in [0.2, 0.25) is 0 Å². The molecule has 0 spiro atoms. The van der Waals surface area contributed by atoms with E-state index in [1.54, 1.807) is 25.5 Å². The molecule has 8 heteroatoms. The number of nitro benzene ring substituents is 1. The molecule has 0 radical (unpaired) electrons. The van der Waals surface area contributed by atoms with Crippen LogP contribution in [0.25, 0.3) is 0 Å². The maximum atomic E-state index is 10.7. The number of nitrogens with one attached hydrogen (secondary N) is 1. The lowest BCUT2D eigenvalue weighted by molar-refractivity contribution is -0.384.